The molecule has 0 saturated carbocycles. The van der Waals surface area contributed by atoms with Gasteiger partial charge in [-0.25, -0.2) is 0 Å². The highest BCUT2D eigenvalue weighted by molar-refractivity contribution is 9.11. The molecule has 100 valence electrons. The van der Waals surface area contributed by atoms with E-state index in [1.54, 1.807) is 12.4 Å². The van der Waals surface area contributed by atoms with Crippen molar-refractivity contribution in [2.45, 2.75) is 0 Å². The first-order chi connectivity index (χ1) is 9.66. The zero-order valence-electron chi connectivity index (χ0n) is 10.2. The molecule has 0 aliphatic rings. The third kappa shape index (κ3) is 2.36. The Morgan fingerprint density at radius 1 is 1.05 bits per heavy atom. The maximum Gasteiger partial charge on any atom is 0.178 e. The van der Waals surface area contributed by atoms with E-state index in [1.165, 1.54) is 0 Å². The number of aromatic nitrogens is 2. The number of hydrogen-bond donors (Lipinski definition) is 1. The minimum absolute atomic E-state index is 0.362. The summed E-state index contributed by atoms with van der Waals surface area (Å²) < 4.78 is 7.29. The molecule has 0 aliphatic carbocycles. The van der Waals surface area contributed by atoms with Crippen LogP contribution in [0.5, 0.6) is 0 Å². The van der Waals surface area contributed by atoms with Gasteiger partial charge >= 0.3 is 0 Å². The van der Waals surface area contributed by atoms with Crippen LogP contribution in [0.2, 0.25) is 0 Å². The van der Waals surface area contributed by atoms with Crippen LogP contribution in [0, 0.1) is 0 Å². The first-order valence-electron chi connectivity index (χ1n) is 5.78. The van der Waals surface area contributed by atoms with Crippen molar-refractivity contribution >= 4 is 37.7 Å². The van der Waals surface area contributed by atoms with Crippen molar-refractivity contribution in [3.63, 3.8) is 0 Å². The number of nitrogen functional groups attached to an aromatic ring is 1. The summed E-state index contributed by atoms with van der Waals surface area (Å²) in [7, 11) is 0. The molecule has 4 nitrogen and oxygen atoms in total. The average molecular weight is 395 g/mol. The molecule has 2 aromatic heterocycles. The van der Waals surface area contributed by atoms with Crippen LogP contribution in [0.3, 0.4) is 0 Å². The Kier molecular flexibility index (Phi) is 3.58. The van der Waals surface area contributed by atoms with Gasteiger partial charge in [0, 0.05) is 26.9 Å². The topological polar surface area (TPSA) is 64.9 Å². The standard InChI is InChI=1S/C14H9Br2N3O/c15-9-1-2-10(11(16)7-9)13-12(14(17)19-20-13)8-3-5-18-6-4-8/h1-7H,(H2,17,19). The Bertz CT molecular complexity index is 756. The van der Waals surface area contributed by atoms with E-state index in [9.17, 15) is 0 Å². The first-order valence-corrected chi connectivity index (χ1v) is 7.36. The van der Waals surface area contributed by atoms with Gasteiger partial charge in [-0.1, -0.05) is 21.1 Å². The fourth-order valence-electron chi connectivity index (χ4n) is 1.96. The number of nitrogens with zero attached hydrogens (tertiary/aromatic N) is 2. The lowest BCUT2D eigenvalue weighted by molar-refractivity contribution is 0.436. The van der Waals surface area contributed by atoms with Crippen molar-refractivity contribution in [3.05, 3.63) is 51.7 Å². The molecule has 0 amide bonds. The minimum Gasteiger partial charge on any atom is -0.380 e. The van der Waals surface area contributed by atoms with E-state index in [0.717, 1.165) is 25.6 Å². The van der Waals surface area contributed by atoms with Gasteiger partial charge in [0.05, 0.1) is 5.56 Å². The van der Waals surface area contributed by atoms with E-state index in [4.69, 9.17) is 10.3 Å². The molecule has 2 N–H and O–H groups in total. The normalized spacial score (nSPS) is 10.7. The number of benzene rings is 1. The summed E-state index contributed by atoms with van der Waals surface area (Å²) in [6, 6.07) is 9.58. The van der Waals surface area contributed by atoms with Gasteiger partial charge < -0.3 is 10.3 Å². The zero-order chi connectivity index (χ0) is 14.1. The smallest absolute Gasteiger partial charge is 0.178 e. The Morgan fingerprint density at radius 2 is 1.80 bits per heavy atom. The largest absolute Gasteiger partial charge is 0.380 e. The van der Waals surface area contributed by atoms with Crippen molar-refractivity contribution in [3.8, 4) is 22.5 Å². The molecule has 0 spiro atoms. The van der Waals surface area contributed by atoms with Crippen molar-refractivity contribution in [1.29, 1.82) is 0 Å². The monoisotopic (exact) mass is 393 g/mol. The first kappa shape index (κ1) is 13.3. The summed E-state index contributed by atoms with van der Waals surface area (Å²) in [6.07, 6.45) is 3.42. The molecule has 1 aromatic carbocycles. The van der Waals surface area contributed by atoms with E-state index < -0.39 is 0 Å². The lowest BCUT2D eigenvalue weighted by Crippen LogP contribution is -1.89. The lowest BCUT2D eigenvalue weighted by atomic mass is 10.0. The lowest BCUT2D eigenvalue weighted by Gasteiger charge is -2.05. The summed E-state index contributed by atoms with van der Waals surface area (Å²) in [6.45, 7) is 0. The number of rotatable bonds is 2. The van der Waals surface area contributed by atoms with E-state index in [2.05, 4.69) is 42.0 Å². The maximum absolute atomic E-state index is 5.94. The van der Waals surface area contributed by atoms with Crippen LogP contribution in [-0.2, 0) is 0 Å². The maximum atomic E-state index is 5.94. The van der Waals surface area contributed by atoms with Gasteiger partial charge in [0.1, 0.15) is 0 Å². The number of halogens is 2. The number of pyridine rings is 1. The van der Waals surface area contributed by atoms with Crippen molar-refractivity contribution in [1.82, 2.24) is 10.1 Å². The molecular formula is C14H9Br2N3O. The van der Waals surface area contributed by atoms with E-state index in [1.807, 2.05) is 30.3 Å². The van der Waals surface area contributed by atoms with Gasteiger partial charge in [0.15, 0.2) is 11.6 Å². The van der Waals surface area contributed by atoms with Crippen LogP contribution in [0.4, 0.5) is 5.82 Å². The minimum atomic E-state index is 0.362. The highest BCUT2D eigenvalue weighted by atomic mass is 79.9. The molecule has 0 unspecified atom stereocenters. The molecule has 0 fully saturated rings. The predicted octanol–water partition coefficient (Wildman–Crippen LogP) is 4.51. The van der Waals surface area contributed by atoms with Crippen LogP contribution in [0.15, 0.2) is 56.2 Å². The fraction of sp³-hybridized carbons (Fsp3) is 0. The Hall–Kier alpha value is -1.66. The Balaban J connectivity index is 2.21. The summed E-state index contributed by atoms with van der Waals surface area (Å²) in [5.41, 5.74) is 8.53. The summed E-state index contributed by atoms with van der Waals surface area (Å²) in [4.78, 5) is 4.01. The second kappa shape index (κ2) is 5.38. The van der Waals surface area contributed by atoms with Gasteiger partial charge in [-0.3, -0.25) is 4.98 Å². The van der Waals surface area contributed by atoms with Gasteiger partial charge in [0.2, 0.25) is 0 Å². The summed E-state index contributed by atoms with van der Waals surface area (Å²) in [5, 5.41) is 3.88. The number of anilines is 1. The molecule has 3 rings (SSSR count). The molecule has 3 aromatic rings. The molecule has 6 heteroatoms. The molecule has 2 heterocycles. The predicted molar refractivity (Wildman–Crippen MR) is 85.0 cm³/mol. The van der Waals surface area contributed by atoms with Crippen LogP contribution in [-0.4, -0.2) is 10.1 Å². The molecule has 0 saturated heterocycles. The Morgan fingerprint density at radius 3 is 2.50 bits per heavy atom. The summed E-state index contributed by atoms with van der Waals surface area (Å²) in [5.74, 6) is 0.995. The molecule has 0 radical (unpaired) electrons. The van der Waals surface area contributed by atoms with Gasteiger partial charge in [-0.05, 0) is 51.8 Å². The van der Waals surface area contributed by atoms with Crippen molar-refractivity contribution in [2.75, 3.05) is 5.73 Å². The zero-order valence-corrected chi connectivity index (χ0v) is 13.3. The van der Waals surface area contributed by atoms with E-state index in [0.29, 0.717) is 11.6 Å². The van der Waals surface area contributed by atoms with Crippen LogP contribution in [0.25, 0.3) is 22.5 Å². The van der Waals surface area contributed by atoms with Gasteiger partial charge in [0.25, 0.3) is 0 Å². The third-order valence-corrected chi connectivity index (χ3v) is 4.01. The highest BCUT2D eigenvalue weighted by Crippen LogP contribution is 2.40. The second-order valence-electron chi connectivity index (χ2n) is 4.13. The van der Waals surface area contributed by atoms with Crippen molar-refractivity contribution < 1.29 is 4.52 Å². The quantitative estimate of drug-likeness (QED) is 0.694. The van der Waals surface area contributed by atoms with Crippen LogP contribution in [0.1, 0.15) is 0 Å². The number of nitrogens with two attached hydrogens (primary N) is 1. The molecule has 20 heavy (non-hydrogen) atoms. The molecule has 0 atom stereocenters. The van der Waals surface area contributed by atoms with Gasteiger partial charge in [-0.15, -0.1) is 0 Å². The SMILES string of the molecule is Nc1noc(-c2ccc(Br)cc2Br)c1-c1ccncc1. The van der Waals surface area contributed by atoms with Crippen LogP contribution < -0.4 is 5.73 Å². The fourth-order valence-corrected chi connectivity index (χ4v) is 3.18. The van der Waals surface area contributed by atoms with Gasteiger partial charge in [-0.2, -0.15) is 0 Å². The summed E-state index contributed by atoms with van der Waals surface area (Å²) >= 11 is 6.96. The highest BCUT2D eigenvalue weighted by Gasteiger charge is 2.19. The van der Waals surface area contributed by atoms with E-state index >= 15 is 0 Å². The van der Waals surface area contributed by atoms with Crippen molar-refractivity contribution in [2.24, 2.45) is 0 Å². The third-order valence-electron chi connectivity index (χ3n) is 2.86. The van der Waals surface area contributed by atoms with Crippen LogP contribution >= 0.6 is 31.9 Å². The molecule has 0 bridgehead atoms. The average Bonchev–Trinajstić information content (AvgIpc) is 2.81. The molecule has 0 aliphatic heterocycles. The second-order valence-corrected chi connectivity index (χ2v) is 5.90. The number of hydrogen-bond acceptors (Lipinski definition) is 4. The Labute approximate surface area is 132 Å². The molecular weight excluding hydrogens is 386 g/mol. The van der Waals surface area contributed by atoms with E-state index in [-0.39, 0.29) is 0 Å².